The maximum atomic E-state index is 11.4. The molecule has 1 rings (SSSR count). The Bertz CT molecular complexity index is 439. The summed E-state index contributed by atoms with van der Waals surface area (Å²) in [6, 6.07) is 5.07. The molecule has 0 aliphatic rings. The van der Waals surface area contributed by atoms with Gasteiger partial charge in [-0.15, -0.1) is 0 Å². The highest BCUT2D eigenvalue weighted by Gasteiger charge is 2.05. The van der Waals surface area contributed by atoms with E-state index < -0.39 is 0 Å². The molecule has 4 heteroatoms. The standard InChI is InChI=1S/C12H11Cl2NO/c1-2-3-4-8-11(16)15-10-7-5-6-9(13)12(10)14/h2-8H,1H3,(H,15,16)/b3-2+,8-4+. The number of halogens is 2. The zero-order chi connectivity index (χ0) is 12.0. The van der Waals surface area contributed by atoms with Gasteiger partial charge in [0.15, 0.2) is 0 Å². The molecule has 0 aliphatic carbocycles. The number of benzene rings is 1. The summed E-state index contributed by atoms with van der Waals surface area (Å²) in [7, 11) is 0. The van der Waals surface area contributed by atoms with Crippen molar-refractivity contribution in [1.29, 1.82) is 0 Å². The minimum absolute atomic E-state index is 0.248. The Morgan fingerprint density at radius 3 is 2.75 bits per heavy atom. The average Bonchev–Trinajstić information content (AvgIpc) is 2.25. The van der Waals surface area contributed by atoms with Gasteiger partial charge in [-0.1, -0.05) is 47.5 Å². The van der Waals surface area contributed by atoms with Crippen LogP contribution >= 0.6 is 23.2 Å². The third-order valence-corrected chi connectivity index (χ3v) is 2.58. The van der Waals surface area contributed by atoms with E-state index in [1.54, 1.807) is 30.4 Å². The van der Waals surface area contributed by atoms with E-state index in [2.05, 4.69) is 5.32 Å². The van der Waals surface area contributed by atoms with Crippen LogP contribution < -0.4 is 5.32 Å². The Morgan fingerprint density at radius 1 is 1.31 bits per heavy atom. The summed E-state index contributed by atoms with van der Waals surface area (Å²) in [6.45, 7) is 1.87. The van der Waals surface area contributed by atoms with Crippen molar-refractivity contribution in [3.8, 4) is 0 Å². The van der Waals surface area contributed by atoms with Crippen molar-refractivity contribution in [1.82, 2.24) is 0 Å². The molecule has 0 saturated carbocycles. The van der Waals surface area contributed by atoms with Crippen LogP contribution in [-0.4, -0.2) is 5.91 Å². The predicted octanol–water partition coefficient (Wildman–Crippen LogP) is 4.06. The molecule has 0 atom stereocenters. The van der Waals surface area contributed by atoms with E-state index in [0.29, 0.717) is 15.7 Å². The Kier molecular flexibility index (Phi) is 5.09. The quantitative estimate of drug-likeness (QED) is 0.641. The van der Waals surface area contributed by atoms with Crippen LogP contribution in [0.5, 0.6) is 0 Å². The SMILES string of the molecule is C/C=C/C=C/C(=O)Nc1cccc(Cl)c1Cl. The second-order valence-corrected chi connectivity index (χ2v) is 3.76. The van der Waals surface area contributed by atoms with E-state index in [1.807, 2.05) is 13.0 Å². The molecule has 84 valence electrons. The largest absolute Gasteiger partial charge is 0.321 e. The fraction of sp³-hybridized carbons (Fsp3) is 0.0833. The van der Waals surface area contributed by atoms with E-state index in [4.69, 9.17) is 23.2 Å². The number of anilines is 1. The van der Waals surface area contributed by atoms with Crippen LogP contribution in [0.3, 0.4) is 0 Å². The number of carbonyl (C=O) groups is 1. The lowest BCUT2D eigenvalue weighted by Crippen LogP contribution is -2.08. The first kappa shape index (κ1) is 12.8. The molecule has 1 aromatic rings. The fourth-order valence-electron chi connectivity index (χ4n) is 1.03. The molecular formula is C12H11Cl2NO. The van der Waals surface area contributed by atoms with Crippen LogP contribution in [0.4, 0.5) is 5.69 Å². The molecule has 0 aliphatic heterocycles. The summed E-state index contributed by atoms with van der Waals surface area (Å²) in [5.74, 6) is -0.248. The first-order valence-electron chi connectivity index (χ1n) is 4.69. The van der Waals surface area contributed by atoms with Gasteiger partial charge in [-0.2, -0.15) is 0 Å². The van der Waals surface area contributed by atoms with Crippen LogP contribution in [0.2, 0.25) is 10.0 Å². The highest BCUT2D eigenvalue weighted by Crippen LogP contribution is 2.29. The van der Waals surface area contributed by atoms with Gasteiger partial charge in [-0.05, 0) is 19.1 Å². The molecule has 1 amide bonds. The molecule has 1 N–H and O–H groups in total. The van der Waals surface area contributed by atoms with Crippen molar-refractivity contribution in [2.75, 3.05) is 5.32 Å². The van der Waals surface area contributed by atoms with Gasteiger partial charge in [0, 0.05) is 6.08 Å². The summed E-state index contributed by atoms with van der Waals surface area (Å²) < 4.78 is 0. The maximum absolute atomic E-state index is 11.4. The normalized spacial score (nSPS) is 11.2. The lowest BCUT2D eigenvalue weighted by atomic mass is 10.3. The van der Waals surface area contributed by atoms with Crippen molar-refractivity contribution >= 4 is 34.8 Å². The van der Waals surface area contributed by atoms with Gasteiger partial charge in [0.2, 0.25) is 5.91 Å². The molecule has 16 heavy (non-hydrogen) atoms. The molecule has 0 fully saturated rings. The van der Waals surface area contributed by atoms with E-state index in [-0.39, 0.29) is 5.91 Å². The second kappa shape index (κ2) is 6.36. The molecule has 0 heterocycles. The fourth-order valence-corrected chi connectivity index (χ4v) is 1.38. The summed E-state index contributed by atoms with van der Waals surface area (Å²) in [5.41, 5.74) is 0.504. The molecule has 0 bridgehead atoms. The zero-order valence-electron chi connectivity index (χ0n) is 8.71. The van der Waals surface area contributed by atoms with Gasteiger partial charge >= 0.3 is 0 Å². The maximum Gasteiger partial charge on any atom is 0.248 e. The number of amides is 1. The van der Waals surface area contributed by atoms with E-state index in [9.17, 15) is 4.79 Å². The summed E-state index contributed by atoms with van der Waals surface area (Å²) >= 11 is 11.7. The third-order valence-electron chi connectivity index (χ3n) is 1.76. The van der Waals surface area contributed by atoms with E-state index in [0.717, 1.165) is 0 Å². The van der Waals surface area contributed by atoms with Crippen LogP contribution in [-0.2, 0) is 4.79 Å². The van der Waals surface area contributed by atoms with Gasteiger partial charge in [-0.25, -0.2) is 0 Å². The predicted molar refractivity (Wildman–Crippen MR) is 69.0 cm³/mol. The van der Waals surface area contributed by atoms with Gasteiger partial charge in [-0.3, -0.25) is 4.79 Å². The second-order valence-electron chi connectivity index (χ2n) is 2.98. The number of hydrogen-bond acceptors (Lipinski definition) is 1. The van der Waals surface area contributed by atoms with Gasteiger partial charge in [0.1, 0.15) is 0 Å². The monoisotopic (exact) mass is 255 g/mol. The molecule has 0 aromatic heterocycles. The minimum Gasteiger partial charge on any atom is -0.321 e. The minimum atomic E-state index is -0.248. The number of rotatable bonds is 3. The Morgan fingerprint density at radius 2 is 2.06 bits per heavy atom. The molecule has 2 nitrogen and oxygen atoms in total. The highest BCUT2D eigenvalue weighted by molar-refractivity contribution is 6.44. The van der Waals surface area contributed by atoms with Crippen LogP contribution in [0.1, 0.15) is 6.92 Å². The van der Waals surface area contributed by atoms with Crippen molar-refractivity contribution in [2.24, 2.45) is 0 Å². The smallest absolute Gasteiger partial charge is 0.248 e. The van der Waals surface area contributed by atoms with Crippen molar-refractivity contribution in [2.45, 2.75) is 6.92 Å². The van der Waals surface area contributed by atoms with Gasteiger partial charge < -0.3 is 5.32 Å². The van der Waals surface area contributed by atoms with Crippen molar-refractivity contribution in [3.63, 3.8) is 0 Å². The van der Waals surface area contributed by atoms with Gasteiger partial charge in [0.05, 0.1) is 15.7 Å². The zero-order valence-corrected chi connectivity index (χ0v) is 10.2. The number of nitrogens with one attached hydrogen (secondary N) is 1. The molecule has 0 spiro atoms. The molecule has 0 radical (unpaired) electrons. The molecular weight excluding hydrogens is 245 g/mol. The summed E-state index contributed by atoms with van der Waals surface area (Å²) in [5, 5.41) is 3.39. The number of carbonyl (C=O) groups excluding carboxylic acids is 1. The Balaban J connectivity index is 2.74. The Hall–Kier alpha value is -1.25. The number of allylic oxidation sites excluding steroid dienone is 3. The number of hydrogen-bond donors (Lipinski definition) is 1. The molecule has 1 aromatic carbocycles. The van der Waals surface area contributed by atoms with Crippen molar-refractivity contribution < 1.29 is 4.79 Å². The van der Waals surface area contributed by atoms with Crippen LogP contribution in [0.15, 0.2) is 42.5 Å². The highest BCUT2D eigenvalue weighted by atomic mass is 35.5. The Labute approximate surface area is 105 Å². The van der Waals surface area contributed by atoms with Crippen LogP contribution in [0, 0.1) is 0 Å². The van der Waals surface area contributed by atoms with E-state index >= 15 is 0 Å². The van der Waals surface area contributed by atoms with Gasteiger partial charge in [0.25, 0.3) is 0 Å². The first-order valence-corrected chi connectivity index (χ1v) is 5.45. The lowest BCUT2D eigenvalue weighted by molar-refractivity contribution is -0.111. The van der Waals surface area contributed by atoms with E-state index in [1.165, 1.54) is 6.08 Å². The first-order chi connectivity index (χ1) is 7.65. The van der Waals surface area contributed by atoms with Crippen LogP contribution in [0.25, 0.3) is 0 Å². The summed E-state index contributed by atoms with van der Waals surface area (Å²) in [6.07, 6.45) is 6.65. The van der Waals surface area contributed by atoms with Crippen molar-refractivity contribution in [3.05, 3.63) is 52.5 Å². The lowest BCUT2D eigenvalue weighted by Gasteiger charge is -2.05. The third kappa shape index (κ3) is 3.72. The molecule has 0 saturated heterocycles. The topological polar surface area (TPSA) is 29.1 Å². The molecule has 0 unspecified atom stereocenters. The summed E-state index contributed by atoms with van der Waals surface area (Å²) in [4.78, 5) is 11.4. The average molecular weight is 256 g/mol.